The summed E-state index contributed by atoms with van der Waals surface area (Å²) in [6.07, 6.45) is 6.61. The lowest BCUT2D eigenvalue weighted by Gasteiger charge is -2.36. The molecule has 172 valence electrons. The van der Waals surface area contributed by atoms with Gasteiger partial charge in [-0.15, -0.1) is 24.0 Å². The second-order valence-corrected chi connectivity index (χ2v) is 8.69. The first-order chi connectivity index (χ1) is 13.6. The summed E-state index contributed by atoms with van der Waals surface area (Å²) in [5.74, 6) is 1.56. The van der Waals surface area contributed by atoms with Crippen LogP contribution < -0.4 is 10.6 Å². The van der Waals surface area contributed by atoms with E-state index in [4.69, 9.17) is 9.73 Å². The van der Waals surface area contributed by atoms with Gasteiger partial charge in [-0.3, -0.25) is 9.89 Å². The lowest BCUT2D eigenvalue weighted by atomic mass is 10.0. The first-order valence-electron chi connectivity index (χ1n) is 11.7. The Bertz CT molecular complexity index is 443. The largest absolute Gasteiger partial charge is 0.379 e. The maximum Gasteiger partial charge on any atom is 0.191 e. The van der Waals surface area contributed by atoms with Gasteiger partial charge < -0.3 is 20.3 Å². The Labute approximate surface area is 196 Å². The average Bonchev–Trinajstić information content (AvgIpc) is 2.69. The van der Waals surface area contributed by atoms with Gasteiger partial charge in [-0.1, -0.05) is 20.3 Å². The molecule has 0 spiro atoms. The highest BCUT2D eigenvalue weighted by atomic mass is 127. The molecular formula is C22H46IN5O. The van der Waals surface area contributed by atoms with Crippen LogP contribution in [0.4, 0.5) is 0 Å². The van der Waals surface area contributed by atoms with Crippen LogP contribution in [0.15, 0.2) is 4.99 Å². The van der Waals surface area contributed by atoms with E-state index in [-0.39, 0.29) is 24.0 Å². The normalized spacial score (nSPS) is 22.9. The molecule has 0 radical (unpaired) electrons. The number of hydrogen-bond acceptors (Lipinski definition) is 4. The lowest BCUT2D eigenvalue weighted by Crippen LogP contribution is -2.48. The number of aliphatic imine (C=N–C) groups is 1. The molecule has 29 heavy (non-hydrogen) atoms. The summed E-state index contributed by atoms with van der Waals surface area (Å²) >= 11 is 0. The number of hydrogen-bond donors (Lipinski definition) is 2. The van der Waals surface area contributed by atoms with Crippen LogP contribution in [-0.4, -0.2) is 86.9 Å². The van der Waals surface area contributed by atoms with Crippen molar-refractivity contribution in [1.82, 2.24) is 20.4 Å². The summed E-state index contributed by atoms with van der Waals surface area (Å²) in [4.78, 5) is 10.1. The quantitative estimate of drug-likeness (QED) is 0.200. The molecule has 0 aliphatic carbocycles. The van der Waals surface area contributed by atoms with Gasteiger partial charge in [0.1, 0.15) is 0 Å². The number of halogens is 1. The van der Waals surface area contributed by atoms with E-state index in [1.165, 1.54) is 45.2 Å². The van der Waals surface area contributed by atoms with E-state index in [0.29, 0.717) is 12.0 Å². The van der Waals surface area contributed by atoms with Crippen molar-refractivity contribution in [3.8, 4) is 0 Å². The summed E-state index contributed by atoms with van der Waals surface area (Å²) in [6, 6.07) is 1.26. The molecule has 0 aromatic rings. The second-order valence-electron chi connectivity index (χ2n) is 8.69. The van der Waals surface area contributed by atoms with Crippen LogP contribution in [0.3, 0.4) is 0 Å². The average molecular weight is 524 g/mol. The third kappa shape index (κ3) is 10.2. The SMILES string of the molecule is CCNC(=NCC(C(C)C)N1CCOCC1)NCCCCN1CCCCC1C.I. The number of nitrogens with zero attached hydrogens (tertiary/aromatic N) is 3. The zero-order valence-electron chi connectivity index (χ0n) is 19.3. The van der Waals surface area contributed by atoms with E-state index >= 15 is 0 Å². The molecule has 2 N–H and O–H groups in total. The van der Waals surface area contributed by atoms with Crippen molar-refractivity contribution in [2.24, 2.45) is 10.9 Å². The van der Waals surface area contributed by atoms with Gasteiger partial charge in [-0.25, -0.2) is 0 Å². The molecule has 0 saturated carbocycles. The van der Waals surface area contributed by atoms with Crippen molar-refractivity contribution in [1.29, 1.82) is 0 Å². The summed E-state index contributed by atoms with van der Waals surface area (Å²) in [5.41, 5.74) is 0. The number of nitrogens with one attached hydrogen (secondary N) is 2. The fraction of sp³-hybridized carbons (Fsp3) is 0.955. The molecule has 7 heteroatoms. The number of ether oxygens (including phenoxy) is 1. The van der Waals surface area contributed by atoms with Crippen LogP contribution in [0.1, 0.15) is 59.8 Å². The minimum Gasteiger partial charge on any atom is -0.379 e. The van der Waals surface area contributed by atoms with Gasteiger partial charge in [0, 0.05) is 38.3 Å². The smallest absolute Gasteiger partial charge is 0.191 e. The van der Waals surface area contributed by atoms with Gasteiger partial charge in [0.2, 0.25) is 0 Å². The molecule has 6 nitrogen and oxygen atoms in total. The fourth-order valence-electron chi connectivity index (χ4n) is 4.32. The zero-order valence-corrected chi connectivity index (χ0v) is 21.6. The molecule has 0 aromatic heterocycles. The molecule has 2 fully saturated rings. The minimum absolute atomic E-state index is 0. The van der Waals surface area contributed by atoms with Gasteiger partial charge in [-0.2, -0.15) is 0 Å². The second kappa shape index (κ2) is 15.6. The summed E-state index contributed by atoms with van der Waals surface area (Å²) < 4.78 is 5.51. The van der Waals surface area contributed by atoms with E-state index in [2.05, 4.69) is 48.1 Å². The minimum atomic E-state index is 0. The number of rotatable bonds is 10. The molecule has 2 unspecified atom stereocenters. The highest BCUT2D eigenvalue weighted by molar-refractivity contribution is 14.0. The van der Waals surface area contributed by atoms with Gasteiger partial charge in [0.25, 0.3) is 0 Å². The van der Waals surface area contributed by atoms with Crippen molar-refractivity contribution in [3.05, 3.63) is 0 Å². The monoisotopic (exact) mass is 523 g/mol. The zero-order chi connectivity index (χ0) is 20.2. The molecular weight excluding hydrogens is 477 g/mol. The number of likely N-dealkylation sites (tertiary alicyclic amines) is 1. The lowest BCUT2D eigenvalue weighted by molar-refractivity contribution is 0.00867. The van der Waals surface area contributed by atoms with Crippen LogP contribution in [0, 0.1) is 5.92 Å². The highest BCUT2D eigenvalue weighted by Crippen LogP contribution is 2.16. The number of morpholine rings is 1. The van der Waals surface area contributed by atoms with E-state index in [9.17, 15) is 0 Å². The standard InChI is InChI=1S/C22H45N5O.HI/c1-5-23-22(24-11-7-9-13-26-12-8-6-10-20(26)4)25-18-21(19(2)3)27-14-16-28-17-15-27;/h19-21H,5-18H2,1-4H3,(H2,23,24,25);1H. The molecule has 2 atom stereocenters. The van der Waals surface area contributed by atoms with E-state index in [0.717, 1.165) is 57.9 Å². The van der Waals surface area contributed by atoms with Crippen LogP contribution in [0.5, 0.6) is 0 Å². The van der Waals surface area contributed by atoms with Gasteiger partial charge in [0.15, 0.2) is 5.96 Å². The van der Waals surface area contributed by atoms with Crippen molar-refractivity contribution in [3.63, 3.8) is 0 Å². The molecule has 2 rings (SSSR count). The van der Waals surface area contributed by atoms with E-state index in [1.54, 1.807) is 0 Å². The number of unbranched alkanes of at least 4 members (excludes halogenated alkanes) is 1. The maximum atomic E-state index is 5.51. The molecule has 0 aromatic carbocycles. The Balaban J connectivity index is 0.00000420. The number of piperidine rings is 1. The third-order valence-electron chi connectivity index (χ3n) is 6.17. The summed E-state index contributed by atoms with van der Waals surface area (Å²) in [7, 11) is 0. The Morgan fingerprint density at radius 2 is 1.86 bits per heavy atom. The molecule has 0 amide bonds. The molecule has 2 aliphatic heterocycles. The van der Waals surface area contributed by atoms with Gasteiger partial charge in [0.05, 0.1) is 19.8 Å². The van der Waals surface area contributed by atoms with Crippen LogP contribution >= 0.6 is 24.0 Å². The molecule has 2 saturated heterocycles. The summed E-state index contributed by atoms with van der Waals surface area (Å²) in [5, 5.41) is 6.96. The first kappa shape index (κ1) is 26.9. The van der Waals surface area contributed by atoms with Crippen molar-refractivity contribution in [2.45, 2.75) is 71.9 Å². The maximum absolute atomic E-state index is 5.51. The van der Waals surface area contributed by atoms with Crippen molar-refractivity contribution < 1.29 is 4.74 Å². The first-order valence-corrected chi connectivity index (χ1v) is 11.7. The van der Waals surface area contributed by atoms with Crippen LogP contribution in [-0.2, 0) is 4.74 Å². The number of guanidine groups is 1. The van der Waals surface area contributed by atoms with Crippen LogP contribution in [0.2, 0.25) is 0 Å². The third-order valence-corrected chi connectivity index (χ3v) is 6.17. The van der Waals surface area contributed by atoms with Crippen molar-refractivity contribution >= 4 is 29.9 Å². The molecule has 0 bridgehead atoms. The van der Waals surface area contributed by atoms with E-state index in [1.807, 2.05) is 0 Å². The predicted octanol–water partition coefficient (Wildman–Crippen LogP) is 3.17. The Morgan fingerprint density at radius 3 is 2.52 bits per heavy atom. The summed E-state index contributed by atoms with van der Waals surface area (Å²) in [6.45, 7) is 18.1. The molecule has 2 heterocycles. The Kier molecular flexibility index (Phi) is 14.5. The topological polar surface area (TPSA) is 52.1 Å². The van der Waals surface area contributed by atoms with Crippen LogP contribution in [0.25, 0.3) is 0 Å². The Hall–Kier alpha value is -0.120. The fourth-order valence-corrected chi connectivity index (χ4v) is 4.32. The van der Waals surface area contributed by atoms with Crippen molar-refractivity contribution in [2.75, 3.05) is 59.0 Å². The van der Waals surface area contributed by atoms with Gasteiger partial charge in [-0.05, 0) is 58.5 Å². The molecule has 2 aliphatic rings. The Morgan fingerprint density at radius 1 is 1.10 bits per heavy atom. The predicted molar refractivity (Wildman–Crippen MR) is 135 cm³/mol. The highest BCUT2D eigenvalue weighted by Gasteiger charge is 2.23. The van der Waals surface area contributed by atoms with Gasteiger partial charge >= 0.3 is 0 Å². The van der Waals surface area contributed by atoms with E-state index < -0.39 is 0 Å².